The summed E-state index contributed by atoms with van der Waals surface area (Å²) in [6.45, 7) is 2.04. The van der Waals surface area contributed by atoms with Gasteiger partial charge in [-0.1, -0.05) is 23.9 Å². The first-order valence-corrected chi connectivity index (χ1v) is 9.19. The van der Waals surface area contributed by atoms with Crippen LogP contribution < -0.4 is 0 Å². The van der Waals surface area contributed by atoms with Crippen LogP contribution in [-0.2, 0) is 5.75 Å². The summed E-state index contributed by atoms with van der Waals surface area (Å²) in [5.41, 5.74) is 1.80. The summed E-state index contributed by atoms with van der Waals surface area (Å²) < 4.78 is 28.3. The summed E-state index contributed by atoms with van der Waals surface area (Å²) in [6, 6.07) is 12.7. The van der Waals surface area contributed by atoms with E-state index >= 15 is 0 Å². The van der Waals surface area contributed by atoms with E-state index in [1.54, 1.807) is 24.3 Å². The largest absolute Gasteiger partial charge is 0.300 e. The molecule has 3 rings (SSSR count). The maximum atomic E-state index is 13.3. The van der Waals surface area contributed by atoms with Gasteiger partial charge in [0.15, 0.2) is 11.0 Å². The number of hydrogen-bond donors (Lipinski definition) is 0. The SMILES string of the molecule is C[C@@H](c1nnc(SCc2ccc(F)cc2)n1-c1ccc(F)cc1)N(C)C. The van der Waals surface area contributed by atoms with Gasteiger partial charge in [-0.2, -0.15) is 0 Å². The van der Waals surface area contributed by atoms with E-state index < -0.39 is 0 Å². The molecule has 26 heavy (non-hydrogen) atoms. The summed E-state index contributed by atoms with van der Waals surface area (Å²) in [5, 5.41) is 9.40. The first-order valence-electron chi connectivity index (χ1n) is 8.20. The highest BCUT2D eigenvalue weighted by Gasteiger charge is 2.21. The number of benzene rings is 2. The number of rotatable bonds is 6. The molecule has 1 atom stereocenters. The maximum absolute atomic E-state index is 13.3. The van der Waals surface area contributed by atoms with Crippen molar-refractivity contribution in [2.45, 2.75) is 23.9 Å². The predicted octanol–water partition coefficient (Wildman–Crippen LogP) is 4.46. The van der Waals surface area contributed by atoms with Crippen molar-refractivity contribution in [1.29, 1.82) is 0 Å². The maximum Gasteiger partial charge on any atom is 0.196 e. The Bertz CT molecular complexity index is 860. The normalized spacial score (nSPS) is 12.5. The van der Waals surface area contributed by atoms with E-state index in [4.69, 9.17) is 0 Å². The number of hydrogen-bond acceptors (Lipinski definition) is 4. The molecule has 0 saturated heterocycles. The Morgan fingerprint density at radius 3 is 2.12 bits per heavy atom. The Labute approximate surface area is 155 Å². The van der Waals surface area contributed by atoms with E-state index in [2.05, 4.69) is 10.2 Å². The molecule has 1 aromatic heterocycles. The zero-order valence-electron chi connectivity index (χ0n) is 14.9. The van der Waals surface area contributed by atoms with Crippen molar-refractivity contribution in [3.8, 4) is 5.69 Å². The lowest BCUT2D eigenvalue weighted by Crippen LogP contribution is -2.20. The Kier molecular flexibility index (Phi) is 5.68. The lowest BCUT2D eigenvalue weighted by molar-refractivity contribution is 0.305. The Morgan fingerprint density at radius 2 is 1.54 bits per heavy atom. The van der Waals surface area contributed by atoms with E-state index in [-0.39, 0.29) is 17.7 Å². The van der Waals surface area contributed by atoms with Gasteiger partial charge in [-0.25, -0.2) is 8.78 Å². The first kappa shape index (κ1) is 18.5. The molecule has 3 aromatic rings. The fraction of sp³-hybridized carbons (Fsp3) is 0.263. The van der Waals surface area contributed by atoms with Crippen molar-refractivity contribution < 1.29 is 8.78 Å². The minimum atomic E-state index is -0.287. The molecule has 7 heteroatoms. The molecule has 0 amide bonds. The molecule has 0 radical (unpaired) electrons. The minimum Gasteiger partial charge on any atom is -0.300 e. The molecule has 0 fully saturated rings. The van der Waals surface area contributed by atoms with Crippen LogP contribution in [0, 0.1) is 11.6 Å². The van der Waals surface area contributed by atoms with Gasteiger partial charge in [0.2, 0.25) is 0 Å². The molecule has 4 nitrogen and oxygen atoms in total. The third-order valence-electron chi connectivity index (χ3n) is 4.17. The van der Waals surface area contributed by atoms with Gasteiger partial charge < -0.3 is 0 Å². The second-order valence-electron chi connectivity index (χ2n) is 6.21. The fourth-order valence-corrected chi connectivity index (χ4v) is 3.35. The Morgan fingerprint density at radius 1 is 0.962 bits per heavy atom. The van der Waals surface area contributed by atoms with Crippen LogP contribution in [0.3, 0.4) is 0 Å². The van der Waals surface area contributed by atoms with Crippen LogP contribution in [0.5, 0.6) is 0 Å². The smallest absolute Gasteiger partial charge is 0.196 e. The van der Waals surface area contributed by atoms with Crippen LogP contribution in [0.2, 0.25) is 0 Å². The van der Waals surface area contributed by atoms with Crippen LogP contribution in [-0.4, -0.2) is 33.8 Å². The lowest BCUT2D eigenvalue weighted by atomic mass is 10.2. The fourth-order valence-electron chi connectivity index (χ4n) is 2.44. The molecular formula is C19H20F2N4S. The quantitative estimate of drug-likeness (QED) is 0.597. The molecule has 0 unspecified atom stereocenters. The summed E-state index contributed by atoms with van der Waals surface area (Å²) in [7, 11) is 3.94. The van der Waals surface area contributed by atoms with Crippen LogP contribution in [0.25, 0.3) is 5.69 Å². The molecule has 0 aliphatic rings. The van der Waals surface area contributed by atoms with Crippen LogP contribution in [0.15, 0.2) is 53.7 Å². The van der Waals surface area contributed by atoms with Crippen LogP contribution >= 0.6 is 11.8 Å². The van der Waals surface area contributed by atoms with Crippen LogP contribution in [0.1, 0.15) is 24.4 Å². The molecule has 2 aromatic carbocycles. The van der Waals surface area contributed by atoms with Crippen molar-refractivity contribution in [2.24, 2.45) is 0 Å². The summed E-state index contributed by atoms with van der Waals surface area (Å²) in [6.07, 6.45) is 0. The standard InChI is InChI=1S/C19H20F2N4S/c1-13(24(2)3)18-22-23-19(25(18)17-10-8-16(21)9-11-17)26-12-14-4-6-15(20)7-5-14/h4-11,13H,12H2,1-3H3/t13-/m0/s1. The van der Waals surface area contributed by atoms with Crippen LogP contribution in [0.4, 0.5) is 8.78 Å². The molecule has 0 saturated carbocycles. The van der Waals surface area contributed by atoms with Gasteiger partial charge >= 0.3 is 0 Å². The molecule has 1 heterocycles. The van der Waals surface area contributed by atoms with E-state index in [1.165, 1.54) is 36.0 Å². The molecule has 0 aliphatic carbocycles. The summed E-state index contributed by atoms with van der Waals surface area (Å²) in [4.78, 5) is 2.04. The first-order chi connectivity index (χ1) is 12.5. The molecule has 136 valence electrons. The van der Waals surface area contributed by atoms with Crippen molar-refractivity contribution in [1.82, 2.24) is 19.7 Å². The summed E-state index contributed by atoms with van der Waals surface area (Å²) >= 11 is 1.51. The number of nitrogens with zero attached hydrogens (tertiary/aromatic N) is 4. The lowest BCUT2D eigenvalue weighted by Gasteiger charge is -2.20. The number of halogens is 2. The van der Waals surface area contributed by atoms with E-state index in [1.807, 2.05) is 30.5 Å². The molecule has 0 bridgehead atoms. The highest BCUT2D eigenvalue weighted by Crippen LogP contribution is 2.28. The van der Waals surface area contributed by atoms with Gasteiger partial charge in [-0.15, -0.1) is 10.2 Å². The van der Waals surface area contributed by atoms with Gasteiger partial charge in [0.25, 0.3) is 0 Å². The third-order valence-corrected chi connectivity index (χ3v) is 5.17. The minimum absolute atomic E-state index is 0.0349. The highest BCUT2D eigenvalue weighted by atomic mass is 32.2. The second-order valence-corrected chi connectivity index (χ2v) is 7.15. The van der Waals surface area contributed by atoms with Gasteiger partial charge in [-0.3, -0.25) is 9.47 Å². The zero-order valence-corrected chi connectivity index (χ0v) is 15.7. The monoisotopic (exact) mass is 374 g/mol. The average Bonchev–Trinajstić information content (AvgIpc) is 3.05. The molecule has 0 spiro atoms. The second kappa shape index (κ2) is 7.97. The van der Waals surface area contributed by atoms with Crippen molar-refractivity contribution in [3.63, 3.8) is 0 Å². The van der Waals surface area contributed by atoms with Gasteiger partial charge in [0.1, 0.15) is 11.6 Å². The van der Waals surface area contributed by atoms with E-state index in [0.29, 0.717) is 10.9 Å². The van der Waals surface area contributed by atoms with Crippen molar-refractivity contribution in [2.75, 3.05) is 14.1 Å². The highest BCUT2D eigenvalue weighted by molar-refractivity contribution is 7.98. The topological polar surface area (TPSA) is 34.0 Å². The van der Waals surface area contributed by atoms with Gasteiger partial charge in [0, 0.05) is 11.4 Å². The van der Waals surface area contributed by atoms with Crippen molar-refractivity contribution >= 4 is 11.8 Å². The number of thioether (sulfide) groups is 1. The summed E-state index contributed by atoms with van der Waals surface area (Å²) in [5.74, 6) is 0.874. The average molecular weight is 374 g/mol. The number of aromatic nitrogens is 3. The van der Waals surface area contributed by atoms with E-state index in [0.717, 1.165) is 17.1 Å². The zero-order chi connectivity index (χ0) is 18.7. The molecule has 0 N–H and O–H groups in total. The molecular weight excluding hydrogens is 354 g/mol. The third kappa shape index (κ3) is 4.11. The Balaban J connectivity index is 1.93. The van der Waals surface area contributed by atoms with E-state index in [9.17, 15) is 8.78 Å². The van der Waals surface area contributed by atoms with Gasteiger partial charge in [-0.05, 0) is 63.0 Å². The van der Waals surface area contributed by atoms with Gasteiger partial charge in [0.05, 0.1) is 6.04 Å². The predicted molar refractivity (Wildman–Crippen MR) is 99.4 cm³/mol. The molecule has 0 aliphatic heterocycles. The van der Waals surface area contributed by atoms with Crippen molar-refractivity contribution in [3.05, 3.63) is 71.6 Å². The Hall–Kier alpha value is -2.25.